The van der Waals surface area contributed by atoms with Gasteiger partial charge in [0.05, 0.1) is 17.2 Å². The molecule has 0 aliphatic rings. The number of aromatic nitrogens is 1. The van der Waals surface area contributed by atoms with Gasteiger partial charge < -0.3 is 10.6 Å². The molecular weight excluding hydrogens is 270 g/mol. The third-order valence-electron chi connectivity index (χ3n) is 2.80. The van der Waals surface area contributed by atoms with E-state index in [1.165, 1.54) is 0 Å². The highest BCUT2D eigenvalue weighted by Gasteiger charge is 2.04. The van der Waals surface area contributed by atoms with Crippen molar-refractivity contribution in [2.75, 3.05) is 18.4 Å². The van der Waals surface area contributed by atoms with Crippen molar-refractivity contribution in [1.29, 1.82) is 0 Å². The van der Waals surface area contributed by atoms with E-state index in [0.717, 1.165) is 34.9 Å². The van der Waals surface area contributed by atoms with Crippen molar-refractivity contribution in [2.45, 2.75) is 20.3 Å². The highest BCUT2D eigenvalue weighted by molar-refractivity contribution is 7.09. The van der Waals surface area contributed by atoms with E-state index >= 15 is 0 Å². The molecule has 1 aromatic heterocycles. The molecule has 0 fully saturated rings. The monoisotopic (exact) mass is 289 g/mol. The zero-order valence-corrected chi connectivity index (χ0v) is 12.6. The number of nitrogens with one attached hydrogen (secondary N) is 2. The largest absolute Gasteiger partial charge is 0.325 e. The number of benzene rings is 1. The fourth-order valence-electron chi connectivity index (χ4n) is 1.80. The summed E-state index contributed by atoms with van der Waals surface area (Å²) in [6, 6.07) is 7.76. The summed E-state index contributed by atoms with van der Waals surface area (Å²) in [5.41, 5.74) is 2.86. The van der Waals surface area contributed by atoms with Crippen molar-refractivity contribution in [3.63, 3.8) is 0 Å². The van der Waals surface area contributed by atoms with Crippen LogP contribution in [0.1, 0.15) is 18.4 Å². The van der Waals surface area contributed by atoms with Crippen molar-refractivity contribution < 1.29 is 4.79 Å². The molecule has 0 radical (unpaired) electrons. The van der Waals surface area contributed by atoms with Gasteiger partial charge in [0, 0.05) is 16.6 Å². The minimum absolute atomic E-state index is 0.0179. The molecule has 0 aliphatic heterocycles. The molecule has 0 atom stereocenters. The van der Waals surface area contributed by atoms with E-state index in [4.69, 9.17) is 0 Å². The number of nitrogens with zero attached hydrogens (tertiary/aromatic N) is 1. The Morgan fingerprint density at radius 2 is 2.05 bits per heavy atom. The van der Waals surface area contributed by atoms with Gasteiger partial charge in [0.25, 0.3) is 0 Å². The molecule has 0 saturated heterocycles. The van der Waals surface area contributed by atoms with Gasteiger partial charge in [-0.3, -0.25) is 4.79 Å². The molecule has 4 nitrogen and oxygen atoms in total. The Kier molecular flexibility index (Phi) is 5.26. The van der Waals surface area contributed by atoms with Crippen molar-refractivity contribution in [1.82, 2.24) is 10.3 Å². The van der Waals surface area contributed by atoms with E-state index in [2.05, 4.69) is 22.5 Å². The number of carbonyl (C=O) groups excluding carboxylic acids is 1. The standard InChI is InChI=1S/C15H19N3OS/c1-3-8-16-9-15(19)18-13-6-4-12(5-7-13)14-10-20-11(2)17-14/h4-7,10,16H,3,8-9H2,1-2H3,(H,18,19). The lowest BCUT2D eigenvalue weighted by Crippen LogP contribution is -2.28. The molecule has 0 saturated carbocycles. The van der Waals surface area contributed by atoms with Gasteiger partial charge in [-0.1, -0.05) is 19.1 Å². The van der Waals surface area contributed by atoms with Gasteiger partial charge in [-0.2, -0.15) is 0 Å². The van der Waals surface area contributed by atoms with Crippen molar-refractivity contribution in [3.05, 3.63) is 34.7 Å². The number of amides is 1. The van der Waals surface area contributed by atoms with Crippen LogP contribution < -0.4 is 10.6 Å². The summed E-state index contributed by atoms with van der Waals surface area (Å²) in [5.74, 6) is -0.0179. The summed E-state index contributed by atoms with van der Waals surface area (Å²) in [4.78, 5) is 16.1. The van der Waals surface area contributed by atoms with Crippen LogP contribution in [0.3, 0.4) is 0 Å². The Labute approximate surface area is 123 Å². The molecule has 0 unspecified atom stereocenters. The van der Waals surface area contributed by atoms with Gasteiger partial charge in [0.2, 0.25) is 5.91 Å². The first-order valence-corrected chi connectivity index (χ1v) is 7.60. The van der Waals surface area contributed by atoms with Gasteiger partial charge in [0.15, 0.2) is 0 Å². The normalized spacial score (nSPS) is 10.5. The molecule has 2 N–H and O–H groups in total. The average molecular weight is 289 g/mol. The van der Waals surface area contributed by atoms with E-state index in [0.29, 0.717) is 6.54 Å². The van der Waals surface area contributed by atoms with Crippen molar-refractivity contribution >= 4 is 22.9 Å². The molecule has 0 aliphatic carbocycles. The van der Waals surface area contributed by atoms with Crippen LogP contribution in [-0.2, 0) is 4.79 Å². The summed E-state index contributed by atoms with van der Waals surface area (Å²) in [6.45, 7) is 5.27. The fraction of sp³-hybridized carbons (Fsp3) is 0.333. The molecule has 1 amide bonds. The highest BCUT2D eigenvalue weighted by atomic mass is 32.1. The fourth-order valence-corrected chi connectivity index (χ4v) is 2.43. The van der Waals surface area contributed by atoms with Crippen LogP contribution in [-0.4, -0.2) is 24.0 Å². The third kappa shape index (κ3) is 4.15. The second-order valence-electron chi connectivity index (χ2n) is 4.55. The maximum Gasteiger partial charge on any atom is 0.238 e. The molecule has 0 spiro atoms. The van der Waals surface area contributed by atoms with Crippen LogP contribution >= 0.6 is 11.3 Å². The lowest BCUT2D eigenvalue weighted by molar-refractivity contribution is -0.115. The number of aryl methyl sites for hydroxylation is 1. The predicted octanol–water partition coefficient (Wildman–Crippen LogP) is 3.06. The number of hydrogen-bond acceptors (Lipinski definition) is 4. The van der Waals surface area contributed by atoms with Crippen LogP contribution in [0.15, 0.2) is 29.6 Å². The summed E-state index contributed by atoms with van der Waals surface area (Å²) in [6.07, 6.45) is 1.02. The summed E-state index contributed by atoms with van der Waals surface area (Å²) < 4.78 is 0. The van der Waals surface area contributed by atoms with Gasteiger partial charge in [0.1, 0.15) is 0 Å². The molecule has 5 heteroatoms. The van der Waals surface area contributed by atoms with Crippen LogP contribution in [0, 0.1) is 6.92 Å². The van der Waals surface area contributed by atoms with E-state index in [1.54, 1.807) is 11.3 Å². The third-order valence-corrected chi connectivity index (χ3v) is 3.57. The topological polar surface area (TPSA) is 54.0 Å². The zero-order chi connectivity index (χ0) is 14.4. The Bertz CT molecular complexity index is 563. The maximum absolute atomic E-state index is 11.7. The van der Waals surface area contributed by atoms with Gasteiger partial charge in [-0.05, 0) is 32.0 Å². The SMILES string of the molecule is CCCNCC(=O)Nc1ccc(-c2csc(C)n2)cc1. The zero-order valence-electron chi connectivity index (χ0n) is 11.8. The minimum atomic E-state index is -0.0179. The highest BCUT2D eigenvalue weighted by Crippen LogP contribution is 2.22. The summed E-state index contributed by atoms with van der Waals surface area (Å²) in [5, 5.41) is 9.03. The Morgan fingerprint density at radius 1 is 1.30 bits per heavy atom. The first-order valence-electron chi connectivity index (χ1n) is 6.72. The van der Waals surface area contributed by atoms with Gasteiger partial charge in [-0.15, -0.1) is 11.3 Å². The molecule has 2 aromatic rings. The van der Waals surface area contributed by atoms with Crippen LogP contribution in [0.25, 0.3) is 11.3 Å². The second kappa shape index (κ2) is 7.17. The number of thiazole rings is 1. The molecule has 1 heterocycles. The number of carbonyl (C=O) groups is 1. The maximum atomic E-state index is 11.7. The molecule has 1 aromatic carbocycles. The summed E-state index contributed by atoms with van der Waals surface area (Å²) in [7, 11) is 0. The Balaban J connectivity index is 1.93. The molecule has 20 heavy (non-hydrogen) atoms. The van der Waals surface area contributed by atoms with Crippen molar-refractivity contribution in [3.8, 4) is 11.3 Å². The number of hydrogen-bond donors (Lipinski definition) is 2. The number of anilines is 1. The van der Waals surface area contributed by atoms with Crippen LogP contribution in [0.5, 0.6) is 0 Å². The molecule has 0 bridgehead atoms. The minimum Gasteiger partial charge on any atom is -0.325 e. The Morgan fingerprint density at radius 3 is 2.65 bits per heavy atom. The predicted molar refractivity (Wildman–Crippen MR) is 84.1 cm³/mol. The van der Waals surface area contributed by atoms with E-state index in [-0.39, 0.29) is 5.91 Å². The second-order valence-corrected chi connectivity index (χ2v) is 5.62. The average Bonchev–Trinajstić information content (AvgIpc) is 2.86. The number of rotatable bonds is 6. The van der Waals surface area contributed by atoms with Crippen LogP contribution in [0.2, 0.25) is 0 Å². The lowest BCUT2D eigenvalue weighted by atomic mass is 10.1. The van der Waals surface area contributed by atoms with E-state index in [1.807, 2.05) is 36.6 Å². The van der Waals surface area contributed by atoms with E-state index in [9.17, 15) is 4.79 Å². The first kappa shape index (κ1) is 14.7. The summed E-state index contributed by atoms with van der Waals surface area (Å²) >= 11 is 1.64. The smallest absolute Gasteiger partial charge is 0.238 e. The first-order chi connectivity index (χ1) is 9.69. The quantitative estimate of drug-likeness (QED) is 0.804. The van der Waals surface area contributed by atoms with Crippen LogP contribution in [0.4, 0.5) is 5.69 Å². The lowest BCUT2D eigenvalue weighted by Gasteiger charge is -2.06. The molecule has 106 valence electrons. The molecular formula is C15H19N3OS. The van der Waals surface area contributed by atoms with Crippen molar-refractivity contribution in [2.24, 2.45) is 0 Å². The van der Waals surface area contributed by atoms with E-state index < -0.39 is 0 Å². The van der Waals surface area contributed by atoms with Gasteiger partial charge >= 0.3 is 0 Å². The molecule has 2 rings (SSSR count). The van der Waals surface area contributed by atoms with Gasteiger partial charge in [-0.25, -0.2) is 4.98 Å². The Hall–Kier alpha value is -1.72.